The Morgan fingerprint density at radius 3 is 2.50 bits per heavy atom. The van der Waals surface area contributed by atoms with Crippen LogP contribution in [0.1, 0.15) is 13.8 Å². The van der Waals surface area contributed by atoms with Gasteiger partial charge in [0.25, 0.3) is 0 Å². The van der Waals surface area contributed by atoms with Gasteiger partial charge in [0.05, 0.1) is 11.8 Å². The molecule has 7 nitrogen and oxygen atoms in total. The lowest BCUT2D eigenvalue weighted by Gasteiger charge is -2.12. The summed E-state index contributed by atoms with van der Waals surface area (Å²) < 4.78 is 31.3. The topological polar surface area (TPSA) is 105 Å². The van der Waals surface area contributed by atoms with E-state index in [1.54, 1.807) is 18.6 Å². The van der Waals surface area contributed by atoms with Gasteiger partial charge in [0.2, 0.25) is 0 Å². The first-order chi connectivity index (χ1) is 8.30. The molecule has 0 aromatic heterocycles. The number of carbonyl (C=O) groups excluding carboxylic acids is 1. The fraction of sp³-hybridized carbons (Fsp3) is 0.300. The van der Waals surface area contributed by atoms with Crippen LogP contribution in [-0.2, 0) is 14.9 Å². The van der Waals surface area contributed by atoms with Crippen LogP contribution in [0.15, 0.2) is 24.3 Å². The van der Waals surface area contributed by atoms with Crippen molar-refractivity contribution in [2.24, 2.45) is 0 Å². The number of benzene rings is 1. The summed E-state index contributed by atoms with van der Waals surface area (Å²) in [6.07, 6.45) is -1.53. The minimum atomic E-state index is -4.14. The van der Waals surface area contributed by atoms with Gasteiger partial charge in [0, 0.05) is 0 Å². The number of nitrogens with one attached hydrogen (secondary N) is 2. The quantitative estimate of drug-likeness (QED) is 0.715. The van der Waals surface area contributed by atoms with Gasteiger partial charge in [-0.25, -0.2) is 9.52 Å². The van der Waals surface area contributed by atoms with Gasteiger partial charge in [-0.1, -0.05) is 12.1 Å². The first-order valence-corrected chi connectivity index (χ1v) is 6.57. The second-order valence-electron chi connectivity index (χ2n) is 3.68. The molecule has 0 heterocycles. The number of carbonyl (C=O) groups is 1. The average molecular weight is 274 g/mol. The molecule has 0 fully saturated rings. The Bertz CT molecular complexity index is 527. The highest BCUT2D eigenvalue weighted by atomic mass is 32.2. The number of ether oxygens (including phenoxy) is 1. The van der Waals surface area contributed by atoms with E-state index in [9.17, 15) is 18.3 Å². The van der Waals surface area contributed by atoms with E-state index in [2.05, 4.69) is 4.74 Å². The second-order valence-corrected chi connectivity index (χ2v) is 5.09. The molecule has 0 unspecified atom stereocenters. The maximum Gasteiger partial charge on any atom is 0.422 e. The highest BCUT2D eigenvalue weighted by molar-refractivity contribution is 7.91. The van der Waals surface area contributed by atoms with Gasteiger partial charge in [-0.2, -0.15) is 8.42 Å². The molecule has 3 N–H and O–H groups in total. The molecule has 100 valence electrons. The molecule has 0 saturated carbocycles. The number of hydrogen-bond donors (Lipinski definition) is 3. The molecular formula is C10H14N2O5S. The van der Waals surface area contributed by atoms with Gasteiger partial charge < -0.3 is 9.84 Å². The fourth-order valence-electron chi connectivity index (χ4n) is 1.08. The first kappa shape index (κ1) is 14.1. The van der Waals surface area contributed by atoms with Gasteiger partial charge in [-0.15, -0.1) is 0 Å². The lowest BCUT2D eigenvalue weighted by Crippen LogP contribution is -2.36. The third-order valence-electron chi connectivity index (χ3n) is 1.71. The molecule has 0 aliphatic rings. The van der Waals surface area contributed by atoms with E-state index >= 15 is 0 Å². The Kier molecular flexibility index (Phi) is 4.38. The van der Waals surface area contributed by atoms with E-state index in [0.29, 0.717) is 0 Å². The van der Waals surface area contributed by atoms with E-state index in [1.807, 2.05) is 4.72 Å². The van der Waals surface area contributed by atoms with Crippen molar-refractivity contribution in [1.29, 1.82) is 0 Å². The maximum absolute atomic E-state index is 11.5. The van der Waals surface area contributed by atoms with Crippen molar-refractivity contribution in [2.75, 3.05) is 4.72 Å². The summed E-state index contributed by atoms with van der Waals surface area (Å²) >= 11 is 0. The van der Waals surface area contributed by atoms with Crippen LogP contribution in [0.5, 0.6) is 5.75 Å². The summed E-state index contributed by atoms with van der Waals surface area (Å²) in [5, 5.41) is 9.38. The predicted molar refractivity (Wildman–Crippen MR) is 65.4 cm³/mol. The van der Waals surface area contributed by atoms with E-state index < -0.39 is 22.4 Å². The standard InChI is InChI=1S/C10H14N2O5S/c1-7(2)17-10(14)12-18(15,16)11-8-5-3-4-6-9(8)13/h3-7,11,13H,1-2H3,(H,12,14). The largest absolute Gasteiger partial charge is 0.506 e. The zero-order valence-electron chi connectivity index (χ0n) is 9.88. The minimum Gasteiger partial charge on any atom is -0.506 e. The van der Waals surface area contributed by atoms with Crippen LogP contribution in [-0.4, -0.2) is 25.7 Å². The molecule has 0 spiro atoms. The average Bonchev–Trinajstić information content (AvgIpc) is 2.18. The van der Waals surface area contributed by atoms with Crippen LogP contribution in [0.4, 0.5) is 10.5 Å². The van der Waals surface area contributed by atoms with Crippen LogP contribution >= 0.6 is 0 Å². The summed E-state index contributed by atoms with van der Waals surface area (Å²) in [4.78, 5) is 11.1. The van der Waals surface area contributed by atoms with Crippen LogP contribution in [0.2, 0.25) is 0 Å². The van der Waals surface area contributed by atoms with Gasteiger partial charge in [0.15, 0.2) is 0 Å². The molecule has 1 rings (SSSR count). The van der Waals surface area contributed by atoms with Gasteiger partial charge in [-0.05, 0) is 26.0 Å². The third kappa shape index (κ3) is 4.50. The normalized spacial score (nSPS) is 11.1. The lowest BCUT2D eigenvalue weighted by atomic mass is 10.3. The number of rotatable bonds is 4. The number of phenols is 1. The lowest BCUT2D eigenvalue weighted by molar-refractivity contribution is 0.121. The minimum absolute atomic E-state index is 0.0395. The van der Waals surface area contributed by atoms with Crippen molar-refractivity contribution in [1.82, 2.24) is 4.72 Å². The molecule has 0 aliphatic heterocycles. The van der Waals surface area contributed by atoms with Gasteiger partial charge >= 0.3 is 16.3 Å². The zero-order chi connectivity index (χ0) is 13.8. The smallest absolute Gasteiger partial charge is 0.422 e. The molecule has 8 heteroatoms. The fourth-order valence-corrected chi connectivity index (χ4v) is 1.86. The van der Waals surface area contributed by atoms with E-state index in [0.717, 1.165) is 0 Å². The number of para-hydroxylation sites is 2. The Hall–Kier alpha value is -1.96. The summed E-state index contributed by atoms with van der Waals surface area (Å²) in [6.45, 7) is 3.17. The number of anilines is 1. The summed E-state index contributed by atoms with van der Waals surface area (Å²) in [5.74, 6) is -0.250. The predicted octanol–water partition coefficient (Wildman–Crippen LogP) is 1.18. The van der Waals surface area contributed by atoms with E-state index in [-0.39, 0.29) is 11.4 Å². The molecule has 1 aromatic carbocycles. The monoisotopic (exact) mass is 274 g/mol. The number of phenolic OH excluding ortho intramolecular Hbond substituents is 1. The molecule has 1 amide bonds. The van der Waals surface area contributed by atoms with Gasteiger partial charge in [-0.3, -0.25) is 4.72 Å². The molecule has 0 radical (unpaired) electrons. The van der Waals surface area contributed by atoms with E-state index in [1.165, 1.54) is 24.3 Å². The Morgan fingerprint density at radius 1 is 1.33 bits per heavy atom. The molecular weight excluding hydrogens is 260 g/mol. The van der Waals surface area contributed by atoms with Crippen LogP contribution < -0.4 is 9.44 Å². The van der Waals surface area contributed by atoms with Crippen molar-refractivity contribution in [3.05, 3.63) is 24.3 Å². The molecule has 1 aromatic rings. The summed E-state index contributed by atoms with van der Waals surface area (Å²) in [6, 6.07) is 5.73. The van der Waals surface area contributed by atoms with E-state index in [4.69, 9.17) is 0 Å². The molecule has 0 atom stereocenters. The molecule has 0 aliphatic carbocycles. The molecule has 0 bridgehead atoms. The highest BCUT2D eigenvalue weighted by Crippen LogP contribution is 2.22. The Morgan fingerprint density at radius 2 is 1.94 bits per heavy atom. The van der Waals surface area contributed by atoms with Crippen molar-refractivity contribution < 1.29 is 23.1 Å². The second kappa shape index (κ2) is 5.58. The maximum atomic E-state index is 11.5. The SMILES string of the molecule is CC(C)OC(=O)NS(=O)(=O)Nc1ccccc1O. The Balaban J connectivity index is 2.72. The number of hydrogen-bond acceptors (Lipinski definition) is 5. The van der Waals surface area contributed by atoms with Crippen molar-refractivity contribution >= 4 is 22.0 Å². The van der Waals surface area contributed by atoms with Crippen molar-refractivity contribution in [3.63, 3.8) is 0 Å². The first-order valence-electron chi connectivity index (χ1n) is 5.09. The number of amides is 1. The summed E-state index contributed by atoms with van der Waals surface area (Å²) in [5.41, 5.74) is -0.0395. The summed E-state index contributed by atoms with van der Waals surface area (Å²) in [7, 11) is -4.14. The van der Waals surface area contributed by atoms with Crippen LogP contribution in [0.25, 0.3) is 0 Å². The van der Waals surface area contributed by atoms with Crippen LogP contribution in [0.3, 0.4) is 0 Å². The zero-order valence-corrected chi connectivity index (χ0v) is 10.7. The third-order valence-corrected chi connectivity index (χ3v) is 2.63. The number of aromatic hydroxyl groups is 1. The van der Waals surface area contributed by atoms with Crippen LogP contribution in [0, 0.1) is 0 Å². The Labute approximate surface area is 105 Å². The molecule has 18 heavy (non-hydrogen) atoms. The van der Waals surface area contributed by atoms with Crippen molar-refractivity contribution in [3.8, 4) is 5.75 Å². The highest BCUT2D eigenvalue weighted by Gasteiger charge is 2.17. The molecule has 0 saturated heterocycles. The van der Waals surface area contributed by atoms with Crippen molar-refractivity contribution in [2.45, 2.75) is 20.0 Å². The van der Waals surface area contributed by atoms with Gasteiger partial charge in [0.1, 0.15) is 5.75 Å².